The van der Waals surface area contributed by atoms with Crippen LogP contribution < -0.4 is 0 Å². The van der Waals surface area contributed by atoms with Crippen LogP contribution in [0.1, 0.15) is 12.0 Å². The molecule has 0 atom stereocenters. The molecule has 0 unspecified atom stereocenters. The summed E-state index contributed by atoms with van der Waals surface area (Å²) in [6.45, 7) is 0.631. The molecule has 27 heavy (non-hydrogen) atoms. The highest BCUT2D eigenvalue weighted by molar-refractivity contribution is 9.10. The lowest BCUT2D eigenvalue weighted by atomic mass is 10.1. The highest BCUT2D eigenvalue weighted by atomic mass is 79.9. The second-order valence-corrected chi connectivity index (χ2v) is 7.96. The van der Waals surface area contributed by atoms with Gasteiger partial charge in [-0.25, -0.2) is 9.99 Å². The van der Waals surface area contributed by atoms with Gasteiger partial charge >= 0.3 is 0 Å². The maximum absolute atomic E-state index is 12.5. The number of H-pyrrole nitrogens is 1. The van der Waals surface area contributed by atoms with Crippen molar-refractivity contribution in [2.45, 2.75) is 11.6 Å². The summed E-state index contributed by atoms with van der Waals surface area (Å²) >= 11 is 4.83. The van der Waals surface area contributed by atoms with E-state index in [0.717, 1.165) is 38.6 Å². The van der Waals surface area contributed by atoms with E-state index in [1.165, 1.54) is 11.8 Å². The topological polar surface area (TPSA) is 61.4 Å². The highest BCUT2D eigenvalue weighted by Gasteiger charge is 2.21. The van der Waals surface area contributed by atoms with Crippen LogP contribution in [0.25, 0.3) is 11.3 Å². The zero-order chi connectivity index (χ0) is 18.6. The van der Waals surface area contributed by atoms with Gasteiger partial charge in [-0.15, -0.1) is 0 Å². The average molecular weight is 441 g/mol. The fraction of sp³-hybridized carbons (Fsp3) is 0.150. The third-order valence-electron chi connectivity index (χ3n) is 4.24. The number of carbonyl (C=O) groups excluding carboxylic acids is 1. The second-order valence-electron chi connectivity index (χ2n) is 6.08. The van der Waals surface area contributed by atoms with E-state index >= 15 is 0 Å². The van der Waals surface area contributed by atoms with E-state index in [-0.39, 0.29) is 5.91 Å². The summed E-state index contributed by atoms with van der Waals surface area (Å²) in [6, 6.07) is 18.0. The molecular formula is C20H17BrN4OS. The SMILES string of the molecule is O=C(CSc1ncc(-c2ccc(Br)cc2)[nH]1)N1CCC(c2ccccc2)=N1. The smallest absolute Gasteiger partial charge is 0.253 e. The molecule has 3 aromatic rings. The Morgan fingerprint density at radius 2 is 1.89 bits per heavy atom. The van der Waals surface area contributed by atoms with Gasteiger partial charge in [-0.1, -0.05) is 70.2 Å². The van der Waals surface area contributed by atoms with Crippen LogP contribution in [-0.4, -0.2) is 38.9 Å². The van der Waals surface area contributed by atoms with Crippen LogP contribution >= 0.6 is 27.7 Å². The van der Waals surface area contributed by atoms with Crippen LogP contribution in [0.4, 0.5) is 0 Å². The summed E-state index contributed by atoms with van der Waals surface area (Å²) in [5, 5.41) is 6.78. The van der Waals surface area contributed by atoms with Crippen LogP contribution in [0.5, 0.6) is 0 Å². The predicted octanol–water partition coefficient (Wildman–Crippen LogP) is 4.57. The molecule has 1 amide bonds. The van der Waals surface area contributed by atoms with Crippen molar-refractivity contribution in [2.75, 3.05) is 12.3 Å². The standard InChI is InChI=1S/C20H17BrN4OS/c21-16-8-6-15(7-9-16)18-12-22-20(23-18)27-13-19(26)25-11-10-17(24-25)14-4-2-1-3-5-14/h1-9,12H,10-11,13H2,(H,22,23). The minimum atomic E-state index is -0.00692. The Kier molecular flexibility index (Phi) is 5.40. The summed E-state index contributed by atoms with van der Waals surface area (Å²) in [6.07, 6.45) is 2.58. The third kappa shape index (κ3) is 4.31. The molecule has 4 rings (SSSR count). The number of nitrogens with zero attached hydrogens (tertiary/aromatic N) is 3. The zero-order valence-electron chi connectivity index (χ0n) is 14.4. The summed E-state index contributed by atoms with van der Waals surface area (Å²) in [5.41, 5.74) is 4.03. The number of aromatic amines is 1. The van der Waals surface area contributed by atoms with Crippen LogP contribution in [0.2, 0.25) is 0 Å². The van der Waals surface area contributed by atoms with E-state index in [0.29, 0.717) is 12.3 Å². The first-order valence-corrected chi connectivity index (χ1v) is 10.3. The summed E-state index contributed by atoms with van der Waals surface area (Å²) in [5.74, 6) is 0.298. The molecule has 136 valence electrons. The van der Waals surface area contributed by atoms with Crippen molar-refractivity contribution in [3.05, 3.63) is 70.8 Å². The van der Waals surface area contributed by atoms with E-state index in [1.807, 2.05) is 54.6 Å². The summed E-state index contributed by atoms with van der Waals surface area (Å²) in [4.78, 5) is 20.1. The zero-order valence-corrected chi connectivity index (χ0v) is 16.8. The van der Waals surface area contributed by atoms with Crippen molar-refractivity contribution in [3.8, 4) is 11.3 Å². The average Bonchev–Trinajstić information content (AvgIpc) is 3.37. The Balaban J connectivity index is 1.36. The van der Waals surface area contributed by atoms with E-state index in [2.05, 4.69) is 31.0 Å². The van der Waals surface area contributed by atoms with E-state index in [4.69, 9.17) is 0 Å². The number of hydrogen-bond acceptors (Lipinski definition) is 4. The van der Waals surface area contributed by atoms with Crippen molar-refractivity contribution >= 4 is 39.3 Å². The van der Waals surface area contributed by atoms with Gasteiger partial charge in [-0.3, -0.25) is 4.79 Å². The van der Waals surface area contributed by atoms with Crippen LogP contribution in [0.3, 0.4) is 0 Å². The van der Waals surface area contributed by atoms with Gasteiger partial charge in [0, 0.05) is 10.9 Å². The molecule has 1 aliphatic rings. The van der Waals surface area contributed by atoms with E-state index in [9.17, 15) is 4.79 Å². The number of benzene rings is 2. The molecule has 0 spiro atoms. The summed E-state index contributed by atoms with van der Waals surface area (Å²) in [7, 11) is 0. The van der Waals surface area contributed by atoms with Crippen LogP contribution in [0, 0.1) is 0 Å². The van der Waals surface area contributed by atoms with Crippen LogP contribution in [-0.2, 0) is 4.79 Å². The van der Waals surface area contributed by atoms with Gasteiger partial charge in [0.15, 0.2) is 5.16 Å². The molecule has 1 N–H and O–H groups in total. The fourth-order valence-corrected chi connectivity index (χ4v) is 3.81. The van der Waals surface area contributed by atoms with Gasteiger partial charge in [0.2, 0.25) is 0 Å². The highest BCUT2D eigenvalue weighted by Crippen LogP contribution is 2.24. The first-order chi connectivity index (χ1) is 13.2. The van der Waals surface area contributed by atoms with E-state index in [1.54, 1.807) is 11.2 Å². The van der Waals surface area contributed by atoms with Crippen molar-refractivity contribution in [2.24, 2.45) is 5.10 Å². The molecule has 7 heteroatoms. The molecule has 1 aliphatic heterocycles. The number of amides is 1. The summed E-state index contributed by atoms with van der Waals surface area (Å²) < 4.78 is 1.03. The maximum Gasteiger partial charge on any atom is 0.253 e. The number of hydrazone groups is 1. The largest absolute Gasteiger partial charge is 0.333 e. The molecule has 0 saturated heterocycles. The predicted molar refractivity (Wildman–Crippen MR) is 112 cm³/mol. The van der Waals surface area contributed by atoms with Gasteiger partial charge in [-0.05, 0) is 23.3 Å². The molecule has 2 aromatic carbocycles. The minimum absolute atomic E-state index is 0.00692. The second kappa shape index (κ2) is 8.10. The lowest BCUT2D eigenvalue weighted by molar-refractivity contribution is -0.127. The molecule has 0 radical (unpaired) electrons. The number of carbonyl (C=O) groups is 1. The number of thioether (sulfide) groups is 1. The number of halogens is 1. The molecule has 1 aromatic heterocycles. The number of rotatable bonds is 5. The number of aromatic nitrogens is 2. The maximum atomic E-state index is 12.5. The van der Waals surface area contributed by atoms with Gasteiger partial charge < -0.3 is 4.98 Å². The Bertz CT molecular complexity index is 969. The van der Waals surface area contributed by atoms with Gasteiger partial charge in [0.05, 0.1) is 29.9 Å². The van der Waals surface area contributed by atoms with Gasteiger partial charge in [-0.2, -0.15) is 5.10 Å². The normalized spacial score (nSPS) is 13.7. The van der Waals surface area contributed by atoms with Crippen molar-refractivity contribution in [1.29, 1.82) is 0 Å². The van der Waals surface area contributed by atoms with Gasteiger partial charge in [0.1, 0.15) is 0 Å². The lowest BCUT2D eigenvalue weighted by Gasteiger charge is -2.10. The molecule has 0 saturated carbocycles. The Morgan fingerprint density at radius 1 is 1.11 bits per heavy atom. The quantitative estimate of drug-likeness (QED) is 0.591. The van der Waals surface area contributed by atoms with Crippen molar-refractivity contribution < 1.29 is 4.79 Å². The Hall–Kier alpha value is -2.38. The molecule has 0 aliphatic carbocycles. The number of hydrogen-bond donors (Lipinski definition) is 1. The van der Waals surface area contributed by atoms with Gasteiger partial charge in [0.25, 0.3) is 5.91 Å². The Morgan fingerprint density at radius 3 is 2.67 bits per heavy atom. The van der Waals surface area contributed by atoms with Crippen molar-refractivity contribution in [3.63, 3.8) is 0 Å². The molecule has 5 nitrogen and oxygen atoms in total. The minimum Gasteiger partial charge on any atom is -0.333 e. The monoisotopic (exact) mass is 440 g/mol. The van der Waals surface area contributed by atoms with E-state index < -0.39 is 0 Å². The first kappa shape index (κ1) is 18.0. The number of nitrogens with one attached hydrogen (secondary N) is 1. The molecule has 0 fully saturated rings. The molecule has 2 heterocycles. The van der Waals surface area contributed by atoms with Crippen LogP contribution in [0.15, 0.2) is 75.5 Å². The molecule has 0 bridgehead atoms. The first-order valence-electron chi connectivity index (χ1n) is 8.56. The number of imidazole rings is 1. The van der Waals surface area contributed by atoms with Crippen molar-refractivity contribution in [1.82, 2.24) is 15.0 Å². The Labute approximate surface area is 170 Å². The third-order valence-corrected chi connectivity index (χ3v) is 5.64. The molecular weight excluding hydrogens is 424 g/mol. The lowest BCUT2D eigenvalue weighted by Crippen LogP contribution is -2.25. The fourth-order valence-electron chi connectivity index (χ4n) is 2.83.